The molecule has 3 nitrogen and oxygen atoms in total. The van der Waals surface area contributed by atoms with E-state index in [1.165, 1.54) is 18.2 Å². The zero-order valence-electron chi connectivity index (χ0n) is 10.6. The van der Waals surface area contributed by atoms with Gasteiger partial charge in [0, 0.05) is 5.69 Å². The molecule has 1 unspecified atom stereocenters. The highest BCUT2D eigenvalue weighted by atomic mass is 19.4. The quantitative estimate of drug-likeness (QED) is 0.913. The number of nitrogens with one attached hydrogen (secondary N) is 1. The number of carbonyl (C=O) groups excluding carboxylic acids is 1. The van der Waals surface area contributed by atoms with Gasteiger partial charge in [-0.15, -0.1) is 13.2 Å². The molecule has 1 heterocycles. The van der Waals surface area contributed by atoms with Gasteiger partial charge in [0.25, 0.3) is 0 Å². The summed E-state index contributed by atoms with van der Waals surface area (Å²) in [6, 6.07) is 3.93. The lowest BCUT2D eigenvalue weighted by molar-refractivity contribution is -0.274. The van der Waals surface area contributed by atoms with Crippen LogP contribution in [0.15, 0.2) is 18.2 Å². The second-order valence-electron chi connectivity index (χ2n) is 4.79. The van der Waals surface area contributed by atoms with Crippen molar-refractivity contribution in [3.05, 3.63) is 23.8 Å². The molecule has 6 heteroatoms. The molecule has 1 aromatic rings. The number of amides is 1. The van der Waals surface area contributed by atoms with Gasteiger partial charge in [-0.25, -0.2) is 0 Å². The van der Waals surface area contributed by atoms with Crippen LogP contribution >= 0.6 is 0 Å². The van der Waals surface area contributed by atoms with Gasteiger partial charge in [-0.1, -0.05) is 13.3 Å². The molecule has 0 saturated carbocycles. The Morgan fingerprint density at radius 2 is 2.05 bits per heavy atom. The predicted molar refractivity (Wildman–Crippen MR) is 64.0 cm³/mol. The molecule has 2 rings (SSSR count). The van der Waals surface area contributed by atoms with Gasteiger partial charge in [-0.05, 0) is 37.1 Å². The van der Waals surface area contributed by atoms with Gasteiger partial charge in [0.2, 0.25) is 5.91 Å². The molecule has 0 saturated heterocycles. The van der Waals surface area contributed by atoms with Gasteiger partial charge in [0.05, 0.1) is 5.41 Å². The normalized spacial score (nSPS) is 22.1. The fourth-order valence-electron chi connectivity index (χ4n) is 2.42. The van der Waals surface area contributed by atoms with Gasteiger partial charge in [0.1, 0.15) is 5.75 Å². The van der Waals surface area contributed by atoms with Crippen molar-refractivity contribution in [3.8, 4) is 5.75 Å². The SMILES string of the molecule is CCCC1(C)C(=O)Nc2ccc(OC(F)(F)F)cc21. The van der Waals surface area contributed by atoms with E-state index in [0.717, 1.165) is 6.42 Å². The highest BCUT2D eigenvalue weighted by Crippen LogP contribution is 2.43. The number of hydrogen-bond acceptors (Lipinski definition) is 2. The molecule has 1 aliphatic rings. The van der Waals surface area contributed by atoms with Crippen molar-refractivity contribution in [2.24, 2.45) is 0 Å². The third kappa shape index (κ3) is 2.52. The summed E-state index contributed by atoms with van der Waals surface area (Å²) in [4.78, 5) is 12.0. The zero-order chi connectivity index (χ0) is 14.3. The van der Waals surface area contributed by atoms with E-state index in [9.17, 15) is 18.0 Å². The number of halogens is 3. The van der Waals surface area contributed by atoms with E-state index in [4.69, 9.17) is 0 Å². The lowest BCUT2D eigenvalue weighted by atomic mass is 9.80. The first kappa shape index (κ1) is 13.7. The Kier molecular flexibility index (Phi) is 3.20. The summed E-state index contributed by atoms with van der Waals surface area (Å²) < 4.78 is 40.5. The number of benzene rings is 1. The number of fused-ring (bicyclic) bond motifs is 1. The summed E-state index contributed by atoms with van der Waals surface area (Å²) in [7, 11) is 0. The number of carbonyl (C=O) groups is 1. The highest BCUT2D eigenvalue weighted by molar-refractivity contribution is 6.06. The van der Waals surface area contributed by atoms with Crippen LogP contribution in [0.2, 0.25) is 0 Å². The summed E-state index contributed by atoms with van der Waals surface area (Å²) >= 11 is 0. The van der Waals surface area contributed by atoms with Crippen LogP contribution in [-0.4, -0.2) is 12.3 Å². The van der Waals surface area contributed by atoms with Crippen molar-refractivity contribution in [2.75, 3.05) is 5.32 Å². The molecule has 1 atom stereocenters. The number of rotatable bonds is 3. The van der Waals surface area contributed by atoms with E-state index in [1.54, 1.807) is 6.92 Å². The Bertz CT molecular complexity index is 513. The van der Waals surface area contributed by atoms with Crippen molar-refractivity contribution in [3.63, 3.8) is 0 Å². The van der Waals surface area contributed by atoms with Crippen molar-refractivity contribution in [1.82, 2.24) is 0 Å². The molecule has 1 amide bonds. The smallest absolute Gasteiger partial charge is 0.406 e. The second-order valence-corrected chi connectivity index (χ2v) is 4.79. The molecule has 19 heavy (non-hydrogen) atoms. The second kappa shape index (κ2) is 4.43. The fourth-order valence-corrected chi connectivity index (χ4v) is 2.42. The molecular formula is C13H14F3NO2. The minimum absolute atomic E-state index is 0.187. The summed E-state index contributed by atoms with van der Waals surface area (Å²) in [6.45, 7) is 3.65. The third-order valence-corrected chi connectivity index (χ3v) is 3.32. The Hall–Kier alpha value is -1.72. The van der Waals surface area contributed by atoms with Crippen molar-refractivity contribution < 1.29 is 22.7 Å². The first-order valence-electron chi connectivity index (χ1n) is 5.98. The average Bonchev–Trinajstić information content (AvgIpc) is 2.51. The van der Waals surface area contributed by atoms with Gasteiger partial charge < -0.3 is 10.1 Å². The molecule has 0 aliphatic carbocycles. The monoisotopic (exact) mass is 273 g/mol. The number of anilines is 1. The molecule has 0 fully saturated rings. The number of alkyl halides is 3. The van der Waals surface area contributed by atoms with E-state index in [0.29, 0.717) is 17.7 Å². The molecule has 0 aromatic heterocycles. The average molecular weight is 273 g/mol. The van der Waals surface area contributed by atoms with E-state index in [1.807, 2.05) is 6.92 Å². The third-order valence-electron chi connectivity index (χ3n) is 3.32. The van der Waals surface area contributed by atoms with E-state index in [2.05, 4.69) is 10.1 Å². The Balaban J connectivity index is 2.39. The van der Waals surface area contributed by atoms with Crippen LogP contribution in [0, 0.1) is 0 Å². The largest absolute Gasteiger partial charge is 0.573 e. The minimum Gasteiger partial charge on any atom is -0.406 e. The first-order chi connectivity index (χ1) is 8.76. The van der Waals surface area contributed by atoms with Crippen LogP contribution in [0.1, 0.15) is 32.3 Å². The molecule has 0 radical (unpaired) electrons. The van der Waals surface area contributed by atoms with Gasteiger partial charge in [-0.3, -0.25) is 4.79 Å². The van der Waals surface area contributed by atoms with Crippen LogP contribution in [0.25, 0.3) is 0 Å². The summed E-state index contributed by atoms with van der Waals surface area (Å²) in [5.74, 6) is -0.487. The van der Waals surface area contributed by atoms with Crippen molar-refractivity contribution in [1.29, 1.82) is 0 Å². The van der Waals surface area contributed by atoms with Gasteiger partial charge in [-0.2, -0.15) is 0 Å². The maximum absolute atomic E-state index is 12.2. The maximum Gasteiger partial charge on any atom is 0.573 e. The number of ether oxygens (including phenoxy) is 1. The Morgan fingerprint density at radius 3 is 2.63 bits per heavy atom. The van der Waals surface area contributed by atoms with Crippen LogP contribution in [-0.2, 0) is 10.2 Å². The Labute approximate surface area is 108 Å². The maximum atomic E-state index is 12.2. The van der Waals surface area contributed by atoms with Crippen molar-refractivity contribution >= 4 is 11.6 Å². The molecule has 1 aliphatic heterocycles. The van der Waals surface area contributed by atoms with Crippen molar-refractivity contribution in [2.45, 2.75) is 38.5 Å². The molecule has 1 N–H and O–H groups in total. The molecule has 0 spiro atoms. The molecule has 1 aromatic carbocycles. The van der Waals surface area contributed by atoms with E-state index >= 15 is 0 Å². The highest BCUT2D eigenvalue weighted by Gasteiger charge is 2.42. The molecule has 0 bridgehead atoms. The lowest BCUT2D eigenvalue weighted by Crippen LogP contribution is -2.30. The van der Waals surface area contributed by atoms with Crippen LogP contribution in [0.5, 0.6) is 5.75 Å². The van der Waals surface area contributed by atoms with Crippen LogP contribution < -0.4 is 10.1 Å². The van der Waals surface area contributed by atoms with Crippen LogP contribution in [0.3, 0.4) is 0 Å². The lowest BCUT2D eigenvalue weighted by Gasteiger charge is -2.21. The van der Waals surface area contributed by atoms with E-state index in [-0.39, 0.29) is 11.7 Å². The summed E-state index contributed by atoms with van der Waals surface area (Å²) in [6.07, 6.45) is -3.40. The zero-order valence-corrected chi connectivity index (χ0v) is 10.6. The first-order valence-corrected chi connectivity index (χ1v) is 5.98. The summed E-state index contributed by atoms with van der Waals surface area (Å²) in [5, 5.41) is 2.69. The van der Waals surface area contributed by atoms with Crippen LogP contribution in [0.4, 0.5) is 18.9 Å². The van der Waals surface area contributed by atoms with Gasteiger partial charge >= 0.3 is 6.36 Å². The summed E-state index contributed by atoms with van der Waals surface area (Å²) in [5.41, 5.74) is 0.311. The predicted octanol–water partition coefficient (Wildman–Crippen LogP) is 3.60. The standard InChI is InChI=1S/C13H14F3NO2/c1-3-6-12(2)9-7-8(19-13(14,15)16)4-5-10(9)17-11(12)18/h4-5,7H,3,6H2,1-2H3,(H,17,18). The molecular weight excluding hydrogens is 259 g/mol. The number of hydrogen-bond donors (Lipinski definition) is 1. The topological polar surface area (TPSA) is 38.3 Å². The molecule has 104 valence electrons. The van der Waals surface area contributed by atoms with Gasteiger partial charge in [0.15, 0.2) is 0 Å². The fraction of sp³-hybridized carbons (Fsp3) is 0.462. The Morgan fingerprint density at radius 1 is 1.37 bits per heavy atom. The minimum atomic E-state index is -4.73. The van der Waals surface area contributed by atoms with E-state index < -0.39 is 11.8 Å².